The van der Waals surface area contributed by atoms with E-state index in [0.717, 1.165) is 12.8 Å². The quantitative estimate of drug-likeness (QED) is 0.844. The second-order valence-electron chi connectivity index (χ2n) is 3.83. The first kappa shape index (κ1) is 11.7. The second kappa shape index (κ2) is 5.02. The Hall–Kier alpha value is -1.80. The highest BCUT2D eigenvalue weighted by atomic mass is 35.5. The van der Waals surface area contributed by atoms with Gasteiger partial charge in [-0.15, -0.1) is 0 Å². The van der Waals surface area contributed by atoms with E-state index in [1.54, 1.807) is 0 Å². The molecule has 1 aliphatic rings. The summed E-state index contributed by atoms with van der Waals surface area (Å²) in [5.74, 6) is 0.268. The molecule has 6 heteroatoms. The molecule has 0 unspecified atom stereocenters. The number of nitrogens with one attached hydrogen (secondary N) is 2. The molecule has 1 heterocycles. The molecule has 1 fully saturated rings. The van der Waals surface area contributed by atoms with Crippen LogP contribution in [0.15, 0.2) is 12.3 Å². The lowest BCUT2D eigenvalue weighted by Crippen LogP contribution is -2.31. The van der Waals surface area contributed by atoms with Gasteiger partial charge in [-0.2, -0.15) is 5.26 Å². The number of halogens is 1. The summed E-state index contributed by atoms with van der Waals surface area (Å²) in [4.78, 5) is 15.4. The van der Waals surface area contributed by atoms with E-state index in [0.29, 0.717) is 17.4 Å². The standard InChI is InChI=1S/C11H11ClN4O/c12-10-7(5-13)3-4-14-11(10)15-6-9(17)16-8-1-2-8/h3-4,8H,1-2,6H2,(H,14,15)(H,16,17). The Morgan fingerprint density at radius 1 is 1.65 bits per heavy atom. The van der Waals surface area contributed by atoms with E-state index in [1.165, 1.54) is 12.3 Å². The van der Waals surface area contributed by atoms with Crippen LogP contribution in [-0.4, -0.2) is 23.5 Å². The zero-order valence-corrected chi connectivity index (χ0v) is 9.79. The van der Waals surface area contributed by atoms with Crippen LogP contribution in [0.25, 0.3) is 0 Å². The summed E-state index contributed by atoms with van der Waals surface area (Å²) < 4.78 is 0. The van der Waals surface area contributed by atoms with Gasteiger partial charge >= 0.3 is 0 Å². The Morgan fingerprint density at radius 3 is 3.06 bits per heavy atom. The molecule has 0 spiro atoms. The Morgan fingerprint density at radius 2 is 2.41 bits per heavy atom. The van der Waals surface area contributed by atoms with Crippen LogP contribution in [-0.2, 0) is 4.79 Å². The number of nitriles is 1. The van der Waals surface area contributed by atoms with Crippen molar-refractivity contribution in [3.05, 3.63) is 22.8 Å². The molecule has 1 saturated carbocycles. The SMILES string of the molecule is N#Cc1ccnc(NCC(=O)NC2CC2)c1Cl. The molecule has 0 bridgehead atoms. The van der Waals surface area contributed by atoms with Gasteiger partial charge in [0, 0.05) is 12.2 Å². The maximum Gasteiger partial charge on any atom is 0.239 e. The Labute approximate surface area is 104 Å². The minimum Gasteiger partial charge on any atom is -0.360 e. The molecule has 0 saturated heterocycles. The number of anilines is 1. The van der Waals surface area contributed by atoms with Crippen molar-refractivity contribution in [3.8, 4) is 6.07 Å². The van der Waals surface area contributed by atoms with Gasteiger partial charge in [0.25, 0.3) is 0 Å². The van der Waals surface area contributed by atoms with E-state index in [-0.39, 0.29) is 17.5 Å². The van der Waals surface area contributed by atoms with Gasteiger partial charge in [-0.1, -0.05) is 11.6 Å². The van der Waals surface area contributed by atoms with Gasteiger partial charge in [0.2, 0.25) is 5.91 Å². The number of carbonyl (C=O) groups excluding carboxylic acids is 1. The van der Waals surface area contributed by atoms with Crippen molar-refractivity contribution in [3.63, 3.8) is 0 Å². The Kier molecular flexibility index (Phi) is 3.45. The van der Waals surface area contributed by atoms with Crippen molar-refractivity contribution < 1.29 is 4.79 Å². The lowest BCUT2D eigenvalue weighted by atomic mass is 10.3. The maximum atomic E-state index is 11.4. The van der Waals surface area contributed by atoms with Crippen molar-refractivity contribution in [1.29, 1.82) is 5.26 Å². The predicted octanol–water partition coefficient (Wildman–Crippen LogP) is 1.30. The molecule has 1 aromatic rings. The van der Waals surface area contributed by atoms with Crippen LogP contribution in [0.1, 0.15) is 18.4 Å². The first-order valence-electron chi connectivity index (χ1n) is 5.28. The second-order valence-corrected chi connectivity index (χ2v) is 4.21. The van der Waals surface area contributed by atoms with E-state index in [2.05, 4.69) is 15.6 Å². The van der Waals surface area contributed by atoms with Crippen LogP contribution in [0.3, 0.4) is 0 Å². The number of hydrogen-bond acceptors (Lipinski definition) is 4. The Balaban J connectivity index is 1.94. The minimum absolute atomic E-state index is 0.0901. The lowest BCUT2D eigenvalue weighted by molar-refractivity contribution is -0.119. The zero-order valence-electron chi connectivity index (χ0n) is 9.03. The number of amides is 1. The molecular weight excluding hydrogens is 240 g/mol. The highest BCUT2D eigenvalue weighted by Gasteiger charge is 2.23. The fourth-order valence-electron chi connectivity index (χ4n) is 1.32. The van der Waals surface area contributed by atoms with E-state index >= 15 is 0 Å². The van der Waals surface area contributed by atoms with Crippen LogP contribution >= 0.6 is 11.6 Å². The molecular formula is C11H11ClN4O. The van der Waals surface area contributed by atoms with Gasteiger partial charge in [-0.05, 0) is 18.9 Å². The number of pyridine rings is 1. The fourth-order valence-corrected chi connectivity index (χ4v) is 1.54. The summed E-state index contributed by atoms with van der Waals surface area (Å²) >= 11 is 5.93. The summed E-state index contributed by atoms with van der Waals surface area (Å²) in [7, 11) is 0. The predicted molar refractivity (Wildman–Crippen MR) is 63.6 cm³/mol. The Bertz CT molecular complexity index is 479. The van der Waals surface area contributed by atoms with Crippen LogP contribution in [0.5, 0.6) is 0 Å². The first-order chi connectivity index (χ1) is 8.20. The summed E-state index contributed by atoms with van der Waals surface area (Å²) in [5, 5.41) is 14.7. The number of hydrogen-bond donors (Lipinski definition) is 2. The molecule has 0 atom stereocenters. The number of nitrogens with zero attached hydrogens (tertiary/aromatic N) is 2. The molecule has 0 aromatic carbocycles. The van der Waals surface area contributed by atoms with Gasteiger partial charge in [0.1, 0.15) is 16.9 Å². The summed E-state index contributed by atoms with van der Waals surface area (Å²) in [6, 6.07) is 3.81. The number of rotatable bonds is 4. The molecule has 17 heavy (non-hydrogen) atoms. The normalized spacial score (nSPS) is 13.9. The average Bonchev–Trinajstić information content (AvgIpc) is 3.11. The summed E-state index contributed by atoms with van der Waals surface area (Å²) in [6.45, 7) is 0.109. The third-order valence-electron chi connectivity index (χ3n) is 2.37. The van der Waals surface area contributed by atoms with Crippen molar-refractivity contribution in [1.82, 2.24) is 10.3 Å². The molecule has 5 nitrogen and oxygen atoms in total. The van der Waals surface area contributed by atoms with Gasteiger partial charge in [-0.3, -0.25) is 4.79 Å². The van der Waals surface area contributed by atoms with Crippen molar-refractivity contribution in [2.24, 2.45) is 0 Å². The lowest BCUT2D eigenvalue weighted by Gasteiger charge is -2.08. The van der Waals surface area contributed by atoms with Crippen molar-refractivity contribution in [2.75, 3.05) is 11.9 Å². The molecule has 1 aromatic heterocycles. The van der Waals surface area contributed by atoms with Crippen LogP contribution in [0.4, 0.5) is 5.82 Å². The third-order valence-corrected chi connectivity index (χ3v) is 2.75. The van der Waals surface area contributed by atoms with Crippen molar-refractivity contribution in [2.45, 2.75) is 18.9 Å². The molecule has 88 valence electrons. The van der Waals surface area contributed by atoms with Gasteiger partial charge in [-0.25, -0.2) is 4.98 Å². The van der Waals surface area contributed by atoms with E-state index in [9.17, 15) is 4.79 Å². The van der Waals surface area contributed by atoms with Gasteiger partial charge in [0.15, 0.2) is 0 Å². The zero-order chi connectivity index (χ0) is 12.3. The fraction of sp³-hybridized carbons (Fsp3) is 0.364. The molecule has 0 radical (unpaired) electrons. The minimum atomic E-state index is -0.0901. The van der Waals surface area contributed by atoms with Crippen LogP contribution in [0, 0.1) is 11.3 Å². The first-order valence-corrected chi connectivity index (χ1v) is 5.66. The van der Waals surface area contributed by atoms with Crippen molar-refractivity contribution >= 4 is 23.3 Å². The topological polar surface area (TPSA) is 77.8 Å². The van der Waals surface area contributed by atoms with E-state index in [1.807, 2.05) is 6.07 Å². The highest BCUT2D eigenvalue weighted by molar-refractivity contribution is 6.34. The monoisotopic (exact) mass is 250 g/mol. The summed E-state index contributed by atoms with van der Waals surface area (Å²) in [6.07, 6.45) is 3.58. The van der Waals surface area contributed by atoms with Crippen LogP contribution < -0.4 is 10.6 Å². The molecule has 1 aliphatic carbocycles. The average molecular weight is 251 g/mol. The molecule has 0 aliphatic heterocycles. The number of aromatic nitrogens is 1. The smallest absolute Gasteiger partial charge is 0.239 e. The molecule has 2 rings (SSSR count). The largest absolute Gasteiger partial charge is 0.360 e. The van der Waals surface area contributed by atoms with E-state index in [4.69, 9.17) is 16.9 Å². The maximum absolute atomic E-state index is 11.4. The number of carbonyl (C=O) groups is 1. The molecule has 1 amide bonds. The third kappa shape index (κ3) is 3.08. The highest BCUT2D eigenvalue weighted by Crippen LogP contribution is 2.22. The molecule has 2 N–H and O–H groups in total. The van der Waals surface area contributed by atoms with Crippen LogP contribution in [0.2, 0.25) is 5.02 Å². The van der Waals surface area contributed by atoms with Gasteiger partial charge in [0.05, 0.1) is 12.1 Å². The summed E-state index contributed by atoms with van der Waals surface area (Å²) in [5.41, 5.74) is 0.340. The van der Waals surface area contributed by atoms with Gasteiger partial charge < -0.3 is 10.6 Å². The van der Waals surface area contributed by atoms with E-state index < -0.39 is 0 Å².